The highest BCUT2D eigenvalue weighted by molar-refractivity contribution is 7.47. The molecular weight excluding hydrogens is 531 g/mol. The summed E-state index contributed by atoms with van der Waals surface area (Å²) in [5.74, 6) is 0.229. The number of allylic oxidation sites excluding steroid dienone is 1. The third-order valence-electron chi connectivity index (χ3n) is 6.50. The lowest BCUT2D eigenvalue weighted by Crippen LogP contribution is -2.48. The van der Waals surface area contributed by atoms with E-state index in [0.717, 1.165) is 0 Å². The van der Waals surface area contributed by atoms with Crippen molar-refractivity contribution in [1.29, 1.82) is 0 Å². The second-order valence-electron chi connectivity index (χ2n) is 10.8. The first-order valence-electron chi connectivity index (χ1n) is 12.3. The predicted molar refractivity (Wildman–Crippen MR) is 146 cm³/mol. The molecule has 5 atom stereocenters. The van der Waals surface area contributed by atoms with Gasteiger partial charge in [0.05, 0.1) is 32.1 Å². The van der Waals surface area contributed by atoms with Gasteiger partial charge in [0, 0.05) is 14.1 Å². The number of aliphatic hydroxyl groups is 1. The Balaban J connectivity index is 1.93. The molecule has 0 aromatic carbocycles. The molecule has 1 unspecified atom stereocenters. The maximum atomic E-state index is 12.3. The van der Waals surface area contributed by atoms with E-state index in [0.29, 0.717) is 11.2 Å². The van der Waals surface area contributed by atoms with E-state index < -0.39 is 47.3 Å². The fourth-order valence-electron chi connectivity index (χ4n) is 3.40. The second-order valence-corrected chi connectivity index (χ2v) is 17.0. The van der Waals surface area contributed by atoms with Crippen LogP contribution in [0.2, 0.25) is 18.1 Å². The zero-order valence-corrected chi connectivity index (χ0v) is 25.1. The van der Waals surface area contributed by atoms with Gasteiger partial charge in [-0.2, -0.15) is 4.98 Å². The van der Waals surface area contributed by atoms with Crippen molar-refractivity contribution in [3.8, 4) is 0 Å². The van der Waals surface area contributed by atoms with Gasteiger partial charge in [-0.3, -0.25) is 13.6 Å². The molecule has 1 aliphatic heterocycles. The molecule has 1 saturated heterocycles. The number of fused-ring (bicyclic) bond motifs is 1. The largest absolute Gasteiger partial charge is 0.472 e. The van der Waals surface area contributed by atoms with Crippen molar-refractivity contribution in [2.45, 2.75) is 70.4 Å². The van der Waals surface area contributed by atoms with Gasteiger partial charge in [0.2, 0.25) is 0 Å². The molecule has 1 fully saturated rings. The molecule has 3 heterocycles. The Labute approximate surface area is 224 Å². The van der Waals surface area contributed by atoms with Crippen LogP contribution < -0.4 is 0 Å². The van der Waals surface area contributed by atoms with Crippen LogP contribution in [-0.4, -0.2) is 94.7 Å². The van der Waals surface area contributed by atoms with Gasteiger partial charge in [0.15, 0.2) is 20.2 Å². The molecular formula is C23H39N6O7PSi. The number of hydrogen-bond acceptors (Lipinski definition) is 10. The molecule has 1 aliphatic rings. The van der Waals surface area contributed by atoms with E-state index in [1.165, 1.54) is 0 Å². The summed E-state index contributed by atoms with van der Waals surface area (Å²) < 4.78 is 36.8. The Morgan fingerprint density at radius 1 is 1.29 bits per heavy atom. The summed E-state index contributed by atoms with van der Waals surface area (Å²) in [7, 11) is -3.09. The van der Waals surface area contributed by atoms with Crippen LogP contribution in [0.15, 0.2) is 29.7 Å². The fraction of sp³-hybridized carbons (Fsp3) is 0.652. The Hall–Kier alpha value is -2.03. The van der Waals surface area contributed by atoms with Gasteiger partial charge in [-0.15, -0.1) is 0 Å². The molecule has 212 valence electrons. The molecule has 0 spiro atoms. The lowest BCUT2D eigenvalue weighted by atomic mass is 10.1. The predicted octanol–water partition coefficient (Wildman–Crippen LogP) is 3.41. The third kappa shape index (κ3) is 7.33. The number of aromatic nitrogens is 4. The minimum absolute atomic E-state index is 0.0859. The molecule has 0 aliphatic carbocycles. The number of imidazole rings is 1. The first-order chi connectivity index (χ1) is 17.6. The van der Waals surface area contributed by atoms with Crippen LogP contribution >= 0.6 is 7.82 Å². The number of rotatable bonds is 11. The minimum Gasteiger partial charge on any atom is -0.407 e. The molecule has 2 N–H and O–H groups in total. The van der Waals surface area contributed by atoms with Gasteiger partial charge in [0.25, 0.3) is 5.95 Å². The highest BCUT2D eigenvalue weighted by Crippen LogP contribution is 2.46. The van der Waals surface area contributed by atoms with Gasteiger partial charge in [-0.05, 0) is 25.1 Å². The maximum absolute atomic E-state index is 12.3. The summed E-state index contributed by atoms with van der Waals surface area (Å²) >= 11 is 0. The van der Waals surface area contributed by atoms with E-state index in [2.05, 4.69) is 53.8 Å². The number of phosphoric ester groups is 1. The van der Waals surface area contributed by atoms with Crippen molar-refractivity contribution < 1.29 is 32.8 Å². The van der Waals surface area contributed by atoms with Gasteiger partial charge < -0.3 is 24.1 Å². The van der Waals surface area contributed by atoms with Crippen molar-refractivity contribution in [2.24, 2.45) is 4.99 Å². The van der Waals surface area contributed by atoms with E-state index >= 15 is 0 Å². The first-order valence-corrected chi connectivity index (χ1v) is 16.7. The Morgan fingerprint density at radius 3 is 2.63 bits per heavy atom. The molecule has 0 amide bonds. The van der Waals surface area contributed by atoms with Crippen molar-refractivity contribution in [2.75, 3.05) is 27.3 Å². The molecule has 0 bridgehead atoms. The highest BCUT2D eigenvalue weighted by atomic mass is 31.2. The van der Waals surface area contributed by atoms with E-state index in [4.69, 9.17) is 18.2 Å². The first kappa shape index (κ1) is 30.5. The van der Waals surface area contributed by atoms with Crippen LogP contribution in [0.1, 0.15) is 33.9 Å². The Morgan fingerprint density at radius 2 is 2.00 bits per heavy atom. The minimum atomic E-state index is -4.36. The topological polar surface area (TPSA) is 154 Å². The molecule has 2 aromatic rings. The average molecular weight is 571 g/mol. The Bertz CT molecular complexity index is 1200. The van der Waals surface area contributed by atoms with Crippen LogP contribution in [-0.2, 0) is 22.8 Å². The second kappa shape index (κ2) is 12.0. The average Bonchev–Trinajstić information content (AvgIpc) is 3.36. The lowest BCUT2D eigenvalue weighted by Gasteiger charge is -2.40. The Kier molecular flexibility index (Phi) is 9.64. The SMILES string of the molecule is C/C=C/COP(=O)(O)OC[C@H]1O[C@@H](n2cnc3cnc(N=CN(C)C)nc32)[C@H](O[Si](C)(C)C(C)(C)C)[C@@H]1O. The van der Waals surface area contributed by atoms with E-state index in [9.17, 15) is 14.6 Å². The highest BCUT2D eigenvalue weighted by Gasteiger charge is 2.51. The summed E-state index contributed by atoms with van der Waals surface area (Å²) in [6.45, 7) is 11.7. The lowest BCUT2D eigenvalue weighted by molar-refractivity contribution is -0.0498. The van der Waals surface area contributed by atoms with Crippen LogP contribution in [0, 0.1) is 0 Å². The zero-order chi connectivity index (χ0) is 28.3. The van der Waals surface area contributed by atoms with E-state index in [-0.39, 0.29) is 17.6 Å². The monoisotopic (exact) mass is 570 g/mol. The standard InChI is InChI=1S/C23H39N6O7PSi/c1-9-10-11-33-37(31,32)34-13-17-18(30)19(36-38(7,8)23(2,3)4)21(35-17)29-15-25-16-12-24-22(27-20(16)29)26-14-28(5)6/h9-10,12,14-15,17-19,21,30H,11,13H2,1-8H3,(H,31,32)/b10-9+,26-14?/t17-,18-,19-,21-/m1/s1. The quantitative estimate of drug-likeness (QED) is 0.134. The summed E-state index contributed by atoms with van der Waals surface area (Å²) in [5.41, 5.74) is 0.950. The summed E-state index contributed by atoms with van der Waals surface area (Å²) in [6.07, 6.45) is 4.12. The molecule has 0 saturated carbocycles. The van der Waals surface area contributed by atoms with Gasteiger partial charge in [-0.1, -0.05) is 32.9 Å². The number of aliphatic hydroxyl groups excluding tert-OH is 1. The van der Waals surface area contributed by atoms with Crippen LogP contribution in [0.3, 0.4) is 0 Å². The smallest absolute Gasteiger partial charge is 0.407 e. The van der Waals surface area contributed by atoms with Crippen molar-refractivity contribution in [3.63, 3.8) is 0 Å². The maximum Gasteiger partial charge on any atom is 0.472 e. The number of aliphatic imine (C=N–C) groups is 1. The summed E-state index contributed by atoms with van der Waals surface area (Å²) in [4.78, 5) is 29.2. The normalized spacial score (nSPS) is 24.6. The van der Waals surface area contributed by atoms with Gasteiger partial charge >= 0.3 is 7.82 Å². The third-order valence-corrected chi connectivity index (χ3v) is 11.9. The van der Waals surface area contributed by atoms with E-state index in [1.807, 2.05) is 14.1 Å². The molecule has 38 heavy (non-hydrogen) atoms. The summed E-state index contributed by atoms with van der Waals surface area (Å²) in [5, 5.41) is 11.2. The fourth-order valence-corrected chi connectivity index (χ4v) is 5.37. The van der Waals surface area contributed by atoms with Gasteiger partial charge in [-0.25, -0.2) is 19.5 Å². The molecule has 3 rings (SSSR count). The number of hydrogen-bond donors (Lipinski definition) is 2. The summed E-state index contributed by atoms with van der Waals surface area (Å²) in [6, 6.07) is 0. The van der Waals surface area contributed by atoms with E-state index in [1.54, 1.807) is 47.4 Å². The number of phosphoric acid groups is 1. The number of nitrogens with zero attached hydrogens (tertiary/aromatic N) is 6. The van der Waals surface area contributed by atoms with Crippen LogP contribution in [0.4, 0.5) is 5.95 Å². The molecule has 0 radical (unpaired) electrons. The van der Waals surface area contributed by atoms with Crippen LogP contribution in [0.25, 0.3) is 11.2 Å². The molecule has 13 nitrogen and oxygen atoms in total. The zero-order valence-electron chi connectivity index (χ0n) is 23.2. The van der Waals surface area contributed by atoms with Crippen LogP contribution in [0.5, 0.6) is 0 Å². The van der Waals surface area contributed by atoms with Crippen molar-refractivity contribution in [1.82, 2.24) is 24.4 Å². The molecule has 15 heteroatoms. The number of ether oxygens (including phenoxy) is 1. The molecule has 2 aromatic heterocycles. The van der Waals surface area contributed by atoms with Crippen molar-refractivity contribution >= 4 is 39.6 Å². The van der Waals surface area contributed by atoms with Crippen molar-refractivity contribution in [3.05, 3.63) is 24.7 Å². The van der Waals surface area contributed by atoms with Gasteiger partial charge in [0.1, 0.15) is 23.8 Å².